The van der Waals surface area contributed by atoms with Crippen LogP contribution in [0.3, 0.4) is 0 Å². The second-order valence-electron chi connectivity index (χ2n) is 6.59. The van der Waals surface area contributed by atoms with Gasteiger partial charge in [0.2, 0.25) is 5.91 Å². The van der Waals surface area contributed by atoms with Crippen molar-refractivity contribution in [1.29, 1.82) is 0 Å². The highest BCUT2D eigenvalue weighted by atomic mass is 32.2. The van der Waals surface area contributed by atoms with Crippen molar-refractivity contribution in [3.8, 4) is 0 Å². The first kappa shape index (κ1) is 19.8. The van der Waals surface area contributed by atoms with Gasteiger partial charge in [0.25, 0.3) is 5.91 Å². The number of amides is 2. The van der Waals surface area contributed by atoms with Gasteiger partial charge < -0.3 is 15.3 Å². The molecule has 1 aromatic rings. The number of aliphatic hydroxyl groups excluding tert-OH is 1. The van der Waals surface area contributed by atoms with Crippen LogP contribution in [0, 0.1) is 5.92 Å². The summed E-state index contributed by atoms with van der Waals surface area (Å²) in [5.41, 5.74) is 1.65. The molecule has 0 saturated carbocycles. The Balaban J connectivity index is 2.17. The summed E-state index contributed by atoms with van der Waals surface area (Å²) in [4.78, 5) is 27.4. The van der Waals surface area contributed by atoms with Crippen LogP contribution in [0.4, 0.5) is 0 Å². The van der Waals surface area contributed by atoms with Crippen LogP contribution >= 0.6 is 11.8 Å². The number of thioether (sulfide) groups is 1. The van der Waals surface area contributed by atoms with Crippen molar-refractivity contribution in [3.05, 3.63) is 35.4 Å². The summed E-state index contributed by atoms with van der Waals surface area (Å²) in [5.74, 6) is 0.655. The Morgan fingerprint density at radius 2 is 2.12 bits per heavy atom. The third kappa shape index (κ3) is 4.55. The van der Waals surface area contributed by atoms with Crippen LogP contribution in [0.5, 0.6) is 0 Å². The molecule has 0 spiro atoms. The molecule has 0 fully saturated rings. The Hall–Kier alpha value is -1.53. The van der Waals surface area contributed by atoms with Gasteiger partial charge in [0.15, 0.2) is 0 Å². The van der Waals surface area contributed by atoms with Crippen LogP contribution in [0.2, 0.25) is 0 Å². The maximum atomic E-state index is 12.9. The Morgan fingerprint density at radius 3 is 2.72 bits per heavy atom. The maximum Gasteiger partial charge on any atom is 0.255 e. The van der Waals surface area contributed by atoms with Crippen molar-refractivity contribution in [2.45, 2.75) is 45.3 Å². The number of hydrogen-bond donors (Lipinski definition) is 2. The molecule has 0 aliphatic carbocycles. The molecule has 6 heteroatoms. The second-order valence-corrected chi connectivity index (χ2v) is 7.58. The molecular weight excluding hydrogens is 336 g/mol. The van der Waals surface area contributed by atoms with E-state index in [0.717, 1.165) is 17.7 Å². The van der Waals surface area contributed by atoms with Crippen molar-refractivity contribution in [1.82, 2.24) is 10.2 Å². The molecule has 0 saturated heterocycles. The van der Waals surface area contributed by atoms with Crippen molar-refractivity contribution < 1.29 is 14.7 Å². The fourth-order valence-electron chi connectivity index (χ4n) is 3.19. The minimum absolute atomic E-state index is 0.0400. The zero-order valence-electron chi connectivity index (χ0n) is 15.2. The third-order valence-electron chi connectivity index (χ3n) is 4.87. The van der Waals surface area contributed by atoms with E-state index in [1.807, 2.05) is 44.4 Å². The van der Waals surface area contributed by atoms with Crippen molar-refractivity contribution in [2.75, 3.05) is 18.6 Å². The second kappa shape index (κ2) is 9.25. The number of aliphatic hydroxyl groups is 1. The molecule has 1 aliphatic heterocycles. The fourth-order valence-corrected chi connectivity index (χ4v) is 3.71. The van der Waals surface area contributed by atoms with E-state index in [-0.39, 0.29) is 30.4 Å². The van der Waals surface area contributed by atoms with E-state index >= 15 is 0 Å². The molecule has 2 amide bonds. The molecular formula is C19H28N2O3S. The SMILES string of the molecule is CC[C@H](C)[C@@H](C(=O)N[C@@H](CO)CCSC)N1Cc2ccccc2C1=O. The number of fused-ring (bicyclic) bond motifs is 1. The Morgan fingerprint density at radius 1 is 1.40 bits per heavy atom. The summed E-state index contributed by atoms with van der Waals surface area (Å²) in [7, 11) is 0. The minimum atomic E-state index is -0.520. The van der Waals surface area contributed by atoms with Gasteiger partial charge in [-0.25, -0.2) is 0 Å². The summed E-state index contributed by atoms with van der Waals surface area (Å²) in [6.45, 7) is 4.39. The first-order valence-electron chi connectivity index (χ1n) is 8.82. The van der Waals surface area contributed by atoms with E-state index in [1.54, 1.807) is 16.7 Å². The standard InChI is InChI=1S/C19H28N2O3S/c1-4-13(2)17(18(23)20-15(12-22)9-10-25-3)21-11-14-7-5-6-8-16(14)19(21)24/h5-8,13,15,17,22H,4,9-12H2,1-3H3,(H,20,23)/t13-,15+,17-/m0/s1. The predicted octanol–water partition coefficient (Wildman–Crippen LogP) is 2.29. The van der Waals surface area contributed by atoms with Gasteiger partial charge in [-0.2, -0.15) is 11.8 Å². The van der Waals surface area contributed by atoms with Gasteiger partial charge >= 0.3 is 0 Å². The smallest absolute Gasteiger partial charge is 0.255 e. The van der Waals surface area contributed by atoms with Crippen LogP contribution in [-0.2, 0) is 11.3 Å². The van der Waals surface area contributed by atoms with E-state index in [4.69, 9.17) is 0 Å². The number of hydrogen-bond acceptors (Lipinski definition) is 4. The van der Waals surface area contributed by atoms with Crippen molar-refractivity contribution in [3.63, 3.8) is 0 Å². The van der Waals surface area contributed by atoms with E-state index in [0.29, 0.717) is 18.5 Å². The van der Waals surface area contributed by atoms with E-state index in [9.17, 15) is 14.7 Å². The third-order valence-corrected chi connectivity index (χ3v) is 5.52. The molecule has 0 unspecified atom stereocenters. The van der Waals surface area contributed by atoms with Gasteiger partial charge in [-0.1, -0.05) is 38.5 Å². The minimum Gasteiger partial charge on any atom is -0.394 e. The number of rotatable bonds is 9. The predicted molar refractivity (Wildman–Crippen MR) is 102 cm³/mol. The van der Waals surface area contributed by atoms with Gasteiger partial charge in [-0.15, -0.1) is 0 Å². The molecule has 2 rings (SSSR count). The molecule has 0 bridgehead atoms. The normalized spacial score (nSPS) is 17.1. The average molecular weight is 365 g/mol. The molecule has 3 atom stereocenters. The molecule has 1 heterocycles. The van der Waals surface area contributed by atoms with Gasteiger partial charge in [0, 0.05) is 12.1 Å². The summed E-state index contributed by atoms with van der Waals surface area (Å²) in [5, 5.41) is 12.5. The first-order valence-corrected chi connectivity index (χ1v) is 10.2. The summed E-state index contributed by atoms with van der Waals surface area (Å²) >= 11 is 1.68. The average Bonchev–Trinajstić information content (AvgIpc) is 2.95. The van der Waals surface area contributed by atoms with Crippen LogP contribution in [0.15, 0.2) is 24.3 Å². The highest BCUT2D eigenvalue weighted by molar-refractivity contribution is 7.98. The van der Waals surface area contributed by atoms with E-state index in [2.05, 4.69) is 5.32 Å². The van der Waals surface area contributed by atoms with Crippen LogP contribution in [-0.4, -0.2) is 52.5 Å². The molecule has 2 N–H and O–H groups in total. The molecule has 1 aliphatic rings. The molecule has 138 valence electrons. The molecule has 5 nitrogen and oxygen atoms in total. The zero-order valence-corrected chi connectivity index (χ0v) is 16.0. The highest BCUT2D eigenvalue weighted by Gasteiger charge is 2.39. The molecule has 25 heavy (non-hydrogen) atoms. The molecule has 1 aromatic carbocycles. The topological polar surface area (TPSA) is 69.6 Å². The van der Waals surface area contributed by atoms with E-state index < -0.39 is 6.04 Å². The molecule has 0 aromatic heterocycles. The van der Waals surface area contributed by atoms with Gasteiger partial charge in [-0.05, 0) is 36.0 Å². The van der Waals surface area contributed by atoms with Crippen LogP contribution in [0.25, 0.3) is 0 Å². The largest absolute Gasteiger partial charge is 0.394 e. The summed E-state index contributed by atoms with van der Waals surface area (Å²) < 4.78 is 0. The van der Waals surface area contributed by atoms with Crippen LogP contribution in [0.1, 0.15) is 42.6 Å². The first-order chi connectivity index (χ1) is 12.0. The number of nitrogens with one attached hydrogen (secondary N) is 1. The number of benzene rings is 1. The fraction of sp³-hybridized carbons (Fsp3) is 0.579. The number of carbonyl (C=O) groups is 2. The van der Waals surface area contributed by atoms with Crippen LogP contribution < -0.4 is 5.32 Å². The number of nitrogens with zero attached hydrogens (tertiary/aromatic N) is 1. The van der Waals surface area contributed by atoms with Gasteiger partial charge in [-0.3, -0.25) is 9.59 Å². The lowest BCUT2D eigenvalue weighted by molar-refractivity contribution is -0.128. The molecule has 0 radical (unpaired) electrons. The quantitative estimate of drug-likeness (QED) is 0.705. The zero-order chi connectivity index (χ0) is 18.4. The van der Waals surface area contributed by atoms with Crippen molar-refractivity contribution >= 4 is 23.6 Å². The van der Waals surface area contributed by atoms with E-state index in [1.165, 1.54) is 0 Å². The van der Waals surface area contributed by atoms with Gasteiger partial charge in [0.1, 0.15) is 6.04 Å². The number of carbonyl (C=O) groups excluding carboxylic acids is 2. The van der Waals surface area contributed by atoms with Gasteiger partial charge in [0.05, 0.1) is 12.6 Å². The highest BCUT2D eigenvalue weighted by Crippen LogP contribution is 2.28. The lowest BCUT2D eigenvalue weighted by atomic mass is 9.96. The summed E-state index contributed by atoms with van der Waals surface area (Å²) in [6.07, 6.45) is 3.51. The van der Waals surface area contributed by atoms with Crippen molar-refractivity contribution in [2.24, 2.45) is 5.92 Å². The Bertz CT molecular complexity index is 608. The monoisotopic (exact) mass is 364 g/mol. The maximum absolute atomic E-state index is 12.9. The summed E-state index contributed by atoms with van der Waals surface area (Å²) in [6, 6.07) is 6.73. The Labute approximate surface area is 154 Å². The Kier molecular flexibility index (Phi) is 7.32. The lowest BCUT2D eigenvalue weighted by Gasteiger charge is -2.32. The lowest BCUT2D eigenvalue weighted by Crippen LogP contribution is -2.53.